The van der Waals surface area contributed by atoms with Crippen LogP contribution in [0.1, 0.15) is 19.4 Å². The lowest BCUT2D eigenvalue weighted by Gasteiger charge is -2.04. The molecule has 29 heavy (non-hydrogen) atoms. The Morgan fingerprint density at radius 1 is 1.03 bits per heavy atom. The molecule has 2 aromatic carbocycles. The second-order valence-electron chi connectivity index (χ2n) is 6.14. The first-order chi connectivity index (χ1) is 13.9. The molecule has 0 aliphatic heterocycles. The van der Waals surface area contributed by atoms with Crippen LogP contribution < -0.4 is 10.1 Å². The smallest absolute Gasteiger partial charge is 0.322 e. The van der Waals surface area contributed by atoms with Crippen molar-refractivity contribution >= 4 is 21.8 Å². The van der Waals surface area contributed by atoms with E-state index >= 15 is 0 Å². The van der Waals surface area contributed by atoms with Crippen LogP contribution in [-0.2, 0) is 21.1 Å². The lowest BCUT2D eigenvalue weighted by atomic mass is 10.1. The molecule has 0 bridgehead atoms. The molecule has 0 unspecified atom stereocenters. The van der Waals surface area contributed by atoms with Crippen LogP contribution in [0.2, 0.25) is 0 Å². The number of sulfone groups is 1. The van der Waals surface area contributed by atoms with Crippen molar-refractivity contribution in [3.8, 4) is 17.2 Å². The Balaban J connectivity index is 1.63. The molecular weight excluding hydrogens is 394 g/mol. The Labute approximate surface area is 168 Å². The zero-order valence-electron chi connectivity index (χ0n) is 16.1. The highest BCUT2D eigenvalue weighted by atomic mass is 32.2. The summed E-state index contributed by atoms with van der Waals surface area (Å²) in [6.07, 6.45) is 0.147. The molecule has 0 radical (unpaired) electrons. The van der Waals surface area contributed by atoms with Crippen molar-refractivity contribution in [3.63, 3.8) is 0 Å². The molecule has 0 spiro atoms. The normalized spacial score (nSPS) is 11.2. The molecule has 0 fully saturated rings. The minimum absolute atomic E-state index is 0.0252. The Kier molecular flexibility index (Phi) is 6.28. The summed E-state index contributed by atoms with van der Waals surface area (Å²) in [5.41, 5.74) is 1.37. The maximum atomic E-state index is 12.2. The van der Waals surface area contributed by atoms with Crippen molar-refractivity contribution in [2.75, 3.05) is 17.7 Å². The van der Waals surface area contributed by atoms with Gasteiger partial charge in [0.2, 0.25) is 11.8 Å². The monoisotopic (exact) mass is 415 g/mol. The minimum Gasteiger partial charge on any atom is -0.494 e. The molecule has 0 aliphatic rings. The highest BCUT2D eigenvalue weighted by Crippen LogP contribution is 2.22. The predicted octanol–water partition coefficient (Wildman–Crippen LogP) is 3.11. The van der Waals surface area contributed by atoms with Gasteiger partial charge in [-0.2, -0.15) is 0 Å². The molecule has 152 valence electrons. The molecule has 1 aromatic heterocycles. The zero-order chi connectivity index (χ0) is 20.9. The van der Waals surface area contributed by atoms with Gasteiger partial charge in [0.1, 0.15) is 5.75 Å². The van der Waals surface area contributed by atoms with Gasteiger partial charge in [0, 0.05) is 5.56 Å². The van der Waals surface area contributed by atoms with E-state index in [1.54, 1.807) is 31.2 Å². The van der Waals surface area contributed by atoms with Crippen molar-refractivity contribution in [1.82, 2.24) is 10.2 Å². The number of rotatable bonds is 8. The number of ether oxygens (including phenoxy) is 1. The average molecular weight is 415 g/mol. The van der Waals surface area contributed by atoms with Crippen LogP contribution in [0, 0.1) is 0 Å². The first kappa shape index (κ1) is 20.5. The molecule has 1 N–H and O–H groups in total. The van der Waals surface area contributed by atoms with Crippen LogP contribution in [0.3, 0.4) is 0 Å². The van der Waals surface area contributed by atoms with E-state index < -0.39 is 9.84 Å². The van der Waals surface area contributed by atoms with E-state index in [-0.39, 0.29) is 34.9 Å². The number of amides is 1. The highest BCUT2D eigenvalue weighted by molar-refractivity contribution is 7.91. The van der Waals surface area contributed by atoms with E-state index in [4.69, 9.17) is 9.15 Å². The van der Waals surface area contributed by atoms with Crippen molar-refractivity contribution in [2.24, 2.45) is 0 Å². The number of carbonyl (C=O) groups is 1. The summed E-state index contributed by atoms with van der Waals surface area (Å²) in [6.45, 7) is 4.07. The van der Waals surface area contributed by atoms with E-state index in [0.717, 1.165) is 11.3 Å². The van der Waals surface area contributed by atoms with E-state index in [2.05, 4.69) is 15.5 Å². The summed E-state index contributed by atoms with van der Waals surface area (Å²) in [6, 6.07) is 13.4. The van der Waals surface area contributed by atoms with Crippen LogP contribution in [0.15, 0.2) is 57.8 Å². The number of nitrogens with zero attached hydrogens (tertiary/aromatic N) is 2. The Morgan fingerprint density at radius 3 is 2.34 bits per heavy atom. The standard InChI is InChI=1S/C20H21N3O5S/c1-3-27-16-9-5-14(6-10-16)13-18(24)21-20-23-22-19(28-20)15-7-11-17(12-8-15)29(25,26)4-2/h5-12H,3-4,13H2,1-2H3,(H,21,23,24). The van der Waals surface area contributed by atoms with Gasteiger partial charge in [0.05, 0.1) is 23.7 Å². The highest BCUT2D eigenvalue weighted by Gasteiger charge is 2.14. The second-order valence-corrected chi connectivity index (χ2v) is 8.42. The predicted molar refractivity (Wildman–Crippen MR) is 107 cm³/mol. The summed E-state index contributed by atoms with van der Waals surface area (Å²) in [5.74, 6) is 0.656. The first-order valence-electron chi connectivity index (χ1n) is 9.09. The number of hydrogen-bond acceptors (Lipinski definition) is 7. The summed E-state index contributed by atoms with van der Waals surface area (Å²) in [4.78, 5) is 12.4. The maximum Gasteiger partial charge on any atom is 0.322 e. The number of nitrogens with one attached hydrogen (secondary N) is 1. The Morgan fingerprint density at radius 2 is 1.72 bits per heavy atom. The summed E-state index contributed by atoms with van der Waals surface area (Å²) in [7, 11) is -3.28. The number of benzene rings is 2. The second kappa shape index (κ2) is 8.87. The van der Waals surface area contributed by atoms with Crippen molar-refractivity contribution < 1.29 is 22.4 Å². The first-order valence-corrected chi connectivity index (χ1v) is 10.7. The molecule has 1 amide bonds. The zero-order valence-corrected chi connectivity index (χ0v) is 16.9. The summed E-state index contributed by atoms with van der Waals surface area (Å²) in [5, 5.41) is 10.3. The molecule has 0 atom stereocenters. The lowest BCUT2D eigenvalue weighted by molar-refractivity contribution is -0.115. The van der Waals surface area contributed by atoms with E-state index in [0.29, 0.717) is 12.2 Å². The molecule has 3 rings (SSSR count). The Bertz CT molecular complexity index is 1070. The van der Waals surface area contributed by atoms with Gasteiger partial charge >= 0.3 is 6.01 Å². The average Bonchev–Trinajstić information content (AvgIpc) is 3.18. The van der Waals surface area contributed by atoms with Gasteiger partial charge in [0.15, 0.2) is 9.84 Å². The van der Waals surface area contributed by atoms with Crippen molar-refractivity contribution in [1.29, 1.82) is 0 Å². The molecule has 0 saturated heterocycles. The third-order valence-electron chi connectivity index (χ3n) is 4.11. The summed E-state index contributed by atoms with van der Waals surface area (Å²) >= 11 is 0. The van der Waals surface area contributed by atoms with Crippen LogP contribution in [0.5, 0.6) is 5.75 Å². The molecule has 9 heteroatoms. The lowest BCUT2D eigenvalue weighted by Crippen LogP contribution is -2.14. The van der Waals surface area contributed by atoms with Crippen LogP contribution in [0.25, 0.3) is 11.5 Å². The van der Waals surface area contributed by atoms with Crippen molar-refractivity contribution in [3.05, 3.63) is 54.1 Å². The van der Waals surface area contributed by atoms with Crippen LogP contribution >= 0.6 is 0 Å². The van der Waals surface area contributed by atoms with E-state index in [1.165, 1.54) is 12.1 Å². The largest absolute Gasteiger partial charge is 0.494 e. The molecule has 1 heterocycles. The van der Waals surface area contributed by atoms with Gasteiger partial charge < -0.3 is 9.15 Å². The maximum absolute atomic E-state index is 12.2. The van der Waals surface area contributed by atoms with Gasteiger partial charge in [-0.1, -0.05) is 24.2 Å². The number of hydrogen-bond donors (Lipinski definition) is 1. The van der Waals surface area contributed by atoms with Gasteiger partial charge in [-0.25, -0.2) is 8.42 Å². The van der Waals surface area contributed by atoms with E-state index in [1.807, 2.05) is 19.1 Å². The summed E-state index contributed by atoms with van der Waals surface area (Å²) < 4.78 is 34.6. The number of aromatic nitrogens is 2. The van der Waals surface area contributed by atoms with Gasteiger partial charge in [-0.3, -0.25) is 10.1 Å². The fraction of sp³-hybridized carbons (Fsp3) is 0.250. The fourth-order valence-corrected chi connectivity index (χ4v) is 3.47. The third-order valence-corrected chi connectivity index (χ3v) is 5.86. The van der Waals surface area contributed by atoms with Gasteiger partial charge in [-0.05, 0) is 48.9 Å². The molecule has 0 saturated carbocycles. The minimum atomic E-state index is -3.28. The van der Waals surface area contributed by atoms with Crippen LogP contribution in [-0.4, -0.2) is 36.9 Å². The number of carbonyl (C=O) groups excluding carboxylic acids is 1. The van der Waals surface area contributed by atoms with Gasteiger partial charge in [-0.15, -0.1) is 5.10 Å². The molecule has 3 aromatic rings. The van der Waals surface area contributed by atoms with Crippen molar-refractivity contribution in [2.45, 2.75) is 25.2 Å². The van der Waals surface area contributed by atoms with E-state index in [9.17, 15) is 13.2 Å². The number of anilines is 1. The fourth-order valence-electron chi connectivity index (χ4n) is 2.58. The topological polar surface area (TPSA) is 111 Å². The van der Waals surface area contributed by atoms with Gasteiger partial charge in [0.25, 0.3) is 0 Å². The SMILES string of the molecule is CCOc1ccc(CC(=O)Nc2nnc(-c3ccc(S(=O)(=O)CC)cc3)o2)cc1. The van der Waals surface area contributed by atoms with Crippen LogP contribution in [0.4, 0.5) is 6.01 Å². The molecule has 0 aliphatic carbocycles. The Hall–Kier alpha value is -3.20. The molecular formula is C20H21N3O5S. The quantitative estimate of drug-likeness (QED) is 0.602. The molecule has 8 nitrogen and oxygen atoms in total. The third kappa shape index (κ3) is 5.20.